The predicted octanol–water partition coefficient (Wildman–Crippen LogP) is 6.13. The molecule has 0 aromatic heterocycles. The normalized spacial score (nSPS) is 13.8. The van der Waals surface area contributed by atoms with E-state index in [-0.39, 0.29) is 9.79 Å². The topological polar surface area (TPSA) is 118 Å². The van der Waals surface area contributed by atoms with Gasteiger partial charge >= 0.3 is 0 Å². The van der Waals surface area contributed by atoms with Crippen molar-refractivity contribution in [3.8, 4) is 11.5 Å². The molecule has 0 spiro atoms. The minimum absolute atomic E-state index is 0.298. The van der Waals surface area contributed by atoms with E-state index in [0.29, 0.717) is 33.2 Å². The smallest absolute Gasteiger partial charge is 0.294 e. The van der Waals surface area contributed by atoms with Crippen molar-refractivity contribution in [2.24, 2.45) is 0 Å². The molecule has 7 nitrogen and oxygen atoms in total. The van der Waals surface area contributed by atoms with Crippen molar-refractivity contribution in [1.29, 1.82) is 0 Å². The van der Waals surface area contributed by atoms with Crippen molar-refractivity contribution in [1.82, 2.24) is 0 Å². The Morgan fingerprint density at radius 3 is 1.02 bits per heavy atom. The van der Waals surface area contributed by atoms with Gasteiger partial charge in [0.1, 0.15) is 11.5 Å². The molecule has 1 aliphatic rings. The molecule has 0 aliphatic carbocycles. The van der Waals surface area contributed by atoms with Gasteiger partial charge in [-0.25, -0.2) is 0 Å². The van der Waals surface area contributed by atoms with Crippen LogP contribution in [0.4, 0.5) is 0 Å². The van der Waals surface area contributed by atoms with E-state index in [1.807, 2.05) is 135 Å². The average Bonchev–Trinajstić information content (AvgIpc) is 3.10. The summed E-state index contributed by atoms with van der Waals surface area (Å²) in [6.45, 7) is 3.73. The van der Waals surface area contributed by atoms with Gasteiger partial charge in [-0.1, -0.05) is 135 Å². The van der Waals surface area contributed by atoms with Gasteiger partial charge in [0.25, 0.3) is 20.2 Å². The first-order valence-electron chi connectivity index (χ1n) is 15.6. The summed E-state index contributed by atoms with van der Waals surface area (Å²) < 4.78 is 79.5. The zero-order valence-electron chi connectivity index (χ0n) is 27.0. The third-order valence-corrected chi connectivity index (χ3v) is 15.3. The van der Waals surface area contributed by atoms with Gasteiger partial charge in [-0.3, -0.25) is 9.11 Å². The zero-order chi connectivity index (χ0) is 35.3. The first-order valence-corrected chi connectivity index (χ1v) is 21.2. The molecule has 7 rings (SSSR count). The van der Waals surface area contributed by atoms with E-state index in [0.717, 1.165) is 21.2 Å². The molecule has 0 fully saturated rings. The summed E-state index contributed by atoms with van der Waals surface area (Å²) in [6.07, 6.45) is 0. The molecule has 1 heterocycles. The quantitative estimate of drug-likeness (QED) is 0.143. The third kappa shape index (κ3) is 6.42. The van der Waals surface area contributed by atoms with Gasteiger partial charge in [-0.15, -0.1) is 0 Å². The first-order chi connectivity index (χ1) is 23.8. The Hall–Kier alpha value is -4.20. The van der Waals surface area contributed by atoms with E-state index >= 15 is 0 Å². The van der Waals surface area contributed by atoms with E-state index < -0.39 is 41.5 Å². The maximum atomic E-state index is 12.9. The molecule has 0 amide bonds. The number of fused-ring (bicyclic) bond motifs is 2. The summed E-state index contributed by atoms with van der Waals surface area (Å²) in [5, 5.41) is 4.91. The molecule has 0 saturated heterocycles. The fourth-order valence-corrected chi connectivity index (χ4v) is 12.5. The van der Waals surface area contributed by atoms with Gasteiger partial charge in [0.05, 0.1) is 9.79 Å². The number of rotatable bonds is 8. The molecule has 0 saturated carbocycles. The van der Waals surface area contributed by atoms with Crippen LogP contribution in [0.5, 0.6) is 11.5 Å². The Labute approximate surface area is 294 Å². The molecule has 50 heavy (non-hydrogen) atoms. The van der Waals surface area contributed by atoms with E-state index in [1.165, 1.54) is 24.3 Å². The van der Waals surface area contributed by atoms with Crippen molar-refractivity contribution in [3.63, 3.8) is 0 Å². The second-order valence-corrected chi connectivity index (χ2v) is 19.5. The Balaban J connectivity index is 1.58. The Morgan fingerprint density at radius 1 is 0.480 bits per heavy atom. The molecule has 0 atom stereocenters. The Bertz CT molecular complexity index is 2170. The molecule has 0 bridgehead atoms. The van der Waals surface area contributed by atoms with Gasteiger partial charge in [-0.2, -0.15) is 16.8 Å². The molecule has 1 aliphatic heterocycles. The van der Waals surface area contributed by atoms with Crippen molar-refractivity contribution >= 4 is 67.9 Å². The van der Waals surface area contributed by atoms with Crippen LogP contribution in [0.25, 0.3) is 0 Å². The highest BCUT2D eigenvalue weighted by molar-refractivity contribution is 7.86. The van der Waals surface area contributed by atoms with Crippen molar-refractivity contribution in [2.75, 3.05) is 0 Å². The maximum Gasteiger partial charge on any atom is 0.294 e. The monoisotopic (exact) mass is 738 g/mol. The van der Waals surface area contributed by atoms with Gasteiger partial charge in [0.15, 0.2) is 0 Å². The van der Waals surface area contributed by atoms with Crippen LogP contribution in [-0.4, -0.2) is 25.9 Å². The third-order valence-electron chi connectivity index (χ3n) is 8.77. The van der Waals surface area contributed by atoms with E-state index in [2.05, 4.69) is 0 Å². The summed E-state index contributed by atoms with van der Waals surface area (Å²) in [6, 6.07) is 44.7. The molecule has 252 valence electrons. The minimum Gasteiger partial charge on any atom is -0.455 e. The van der Waals surface area contributed by atoms with Gasteiger partial charge in [-0.05, 0) is 61.3 Å². The minimum atomic E-state index is -4.69. The van der Waals surface area contributed by atoms with Crippen molar-refractivity contribution < 1.29 is 30.7 Å². The average molecular weight is 739 g/mol. The number of hydrogen-bond acceptors (Lipinski definition) is 5. The van der Waals surface area contributed by atoms with Crippen LogP contribution in [0.2, 0.25) is 0 Å². The van der Waals surface area contributed by atoms with E-state index in [1.54, 1.807) is 0 Å². The second kappa shape index (κ2) is 13.2. The lowest BCUT2D eigenvalue weighted by atomic mass is 9.76. The van der Waals surface area contributed by atoms with Crippen LogP contribution in [0.15, 0.2) is 155 Å². The highest BCUT2D eigenvalue weighted by Crippen LogP contribution is 2.53. The van der Waals surface area contributed by atoms with E-state index in [4.69, 9.17) is 4.74 Å². The van der Waals surface area contributed by atoms with Gasteiger partial charge in [0, 0.05) is 27.2 Å². The summed E-state index contributed by atoms with van der Waals surface area (Å²) in [4.78, 5) is -0.597. The van der Waals surface area contributed by atoms with E-state index in [9.17, 15) is 25.9 Å². The first kappa shape index (κ1) is 34.3. The standard InChI is InChI=1S/C39H32O7P2S2/c1-39(2)33-23-31(49(40,41)42)25-35(47(27-15-7-3-8-16-27)28-17-9-4-10-18-28)37(33)46-38-34(39)24-32(50(43,44)45)26-36(38)48(29-19-11-5-12-20-29)30-21-13-6-14-22-30/h3-26H,1-2H3,(H,40,41,42)(H,43,44,45). The van der Waals surface area contributed by atoms with Crippen LogP contribution in [0.1, 0.15) is 25.0 Å². The molecule has 6 aromatic carbocycles. The molecule has 6 aromatic rings. The maximum absolute atomic E-state index is 12.9. The molecule has 0 unspecified atom stereocenters. The van der Waals surface area contributed by atoms with Gasteiger partial charge in [0.2, 0.25) is 0 Å². The van der Waals surface area contributed by atoms with Crippen molar-refractivity contribution in [3.05, 3.63) is 157 Å². The number of hydrogen-bond donors (Lipinski definition) is 2. The number of benzene rings is 6. The largest absolute Gasteiger partial charge is 0.455 e. The Kier molecular flexibility index (Phi) is 9.02. The summed E-state index contributed by atoms with van der Waals surface area (Å²) in [5.41, 5.74) is -0.148. The van der Waals surface area contributed by atoms with Crippen LogP contribution in [0.3, 0.4) is 0 Å². The highest BCUT2D eigenvalue weighted by Gasteiger charge is 2.42. The molecule has 11 heteroatoms. The lowest BCUT2D eigenvalue weighted by Crippen LogP contribution is -2.34. The van der Waals surface area contributed by atoms with Crippen molar-refractivity contribution in [2.45, 2.75) is 29.1 Å². The summed E-state index contributed by atoms with van der Waals surface area (Å²) >= 11 is 0. The second-order valence-electron chi connectivity index (χ2n) is 12.3. The molecule has 2 N–H and O–H groups in total. The fourth-order valence-electron chi connectivity index (χ4n) is 6.36. The lowest BCUT2D eigenvalue weighted by Gasteiger charge is -2.39. The summed E-state index contributed by atoms with van der Waals surface area (Å²) in [5.74, 6) is 0.872. The van der Waals surface area contributed by atoms with Crippen LogP contribution in [0, 0.1) is 0 Å². The SMILES string of the molecule is CC1(C)c2cc(S(=O)(=O)O)cc(P(c3ccccc3)c3ccccc3)c2Oc2c(P(c3ccccc3)c3ccccc3)cc(S(=O)(=O)O)cc21. The highest BCUT2D eigenvalue weighted by atomic mass is 32.2. The zero-order valence-corrected chi connectivity index (χ0v) is 30.4. The van der Waals surface area contributed by atoms with Crippen LogP contribution < -0.4 is 36.6 Å². The van der Waals surface area contributed by atoms with Gasteiger partial charge < -0.3 is 4.74 Å². The predicted molar refractivity (Wildman–Crippen MR) is 202 cm³/mol. The van der Waals surface area contributed by atoms with Crippen LogP contribution in [-0.2, 0) is 25.7 Å². The molecule has 0 radical (unpaired) electrons. The number of ether oxygens (including phenoxy) is 1. The molecular formula is C39H32O7P2S2. The lowest BCUT2D eigenvalue weighted by molar-refractivity contribution is 0.422. The molecular weight excluding hydrogens is 707 g/mol. The Morgan fingerprint density at radius 2 is 0.760 bits per heavy atom. The summed E-state index contributed by atoms with van der Waals surface area (Å²) in [7, 11) is -12.2. The fraction of sp³-hybridized carbons (Fsp3) is 0.0769. The van der Waals surface area contributed by atoms with Crippen LogP contribution >= 0.6 is 15.8 Å².